The van der Waals surface area contributed by atoms with Crippen LogP contribution in [0, 0.1) is 17.8 Å². The molecule has 4 rings (SSSR count). The van der Waals surface area contributed by atoms with Crippen molar-refractivity contribution in [3.8, 4) is 0 Å². The Morgan fingerprint density at radius 1 is 1.09 bits per heavy atom. The fraction of sp³-hybridized carbons (Fsp3) is 0.824. The summed E-state index contributed by atoms with van der Waals surface area (Å²) in [6.45, 7) is 1.74. The summed E-state index contributed by atoms with van der Waals surface area (Å²) in [5.41, 5.74) is 0. The number of aromatic nitrogens is 3. The zero-order chi connectivity index (χ0) is 14.9. The normalized spacial score (nSPS) is 32.9. The second kappa shape index (κ2) is 6.01. The molecule has 0 spiro atoms. The molecule has 120 valence electrons. The van der Waals surface area contributed by atoms with E-state index in [0.717, 1.165) is 38.3 Å². The number of rotatable bonds is 3. The molecule has 0 bridgehead atoms. The maximum Gasteiger partial charge on any atom is 0.226 e. The van der Waals surface area contributed by atoms with Gasteiger partial charge in [-0.2, -0.15) is 5.10 Å². The first kappa shape index (κ1) is 14.2. The molecule has 1 aromatic heterocycles. The van der Waals surface area contributed by atoms with Gasteiger partial charge in [-0.15, -0.1) is 0 Å². The minimum absolute atomic E-state index is 0.312. The second-order valence-corrected chi connectivity index (χ2v) is 7.36. The predicted molar refractivity (Wildman–Crippen MR) is 83.0 cm³/mol. The van der Waals surface area contributed by atoms with Crippen molar-refractivity contribution in [2.24, 2.45) is 17.8 Å². The van der Waals surface area contributed by atoms with Crippen molar-refractivity contribution in [1.82, 2.24) is 19.7 Å². The van der Waals surface area contributed by atoms with E-state index in [1.807, 2.05) is 4.68 Å². The van der Waals surface area contributed by atoms with E-state index >= 15 is 0 Å². The van der Waals surface area contributed by atoms with Gasteiger partial charge in [0, 0.05) is 19.0 Å². The van der Waals surface area contributed by atoms with E-state index in [1.54, 1.807) is 12.7 Å². The van der Waals surface area contributed by atoms with Crippen molar-refractivity contribution in [1.29, 1.82) is 0 Å². The summed E-state index contributed by atoms with van der Waals surface area (Å²) in [6.07, 6.45) is 13.6. The highest BCUT2D eigenvalue weighted by molar-refractivity contribution is 5.81. The molecule has 3 fully saturated rings. The smallest absolute Gasteiger partial charge is 0.226 e. The van der Waals surface area contributed by atoms with Crippen molar-refractivity contribution in [2.45, 2.75) is 57.4 Å². The number of carbonyl (C=O) groups excluding carboxylic acids is 1. The highest BCUT2D eigenvalue weighted by Crippen LogP contribution is 2.50. The molecule has 22 heavy (non-hydrogen) atoms. The molecule has 1 amide bonds. The first-order chi connectivity index (χ1) is 10.8. The number of nitrogens with zero attached hydrogens (tertiary/aromatic N) is 4. The SMILES string of the molecule is O=C([C@@H]1C[C@H]1C1CCCCC1)N1CCC[C@@H](n2cncn2)C1. The van der Waals surface area contributed by atoms with Crippen molar-refractivity contribution in [3.05, 3.63) is 12.7 Å². The molecule has 2 heterocycles. The number of likely N-dealkylation sites (tertiary alicyclic amines) is 1. The molecular weight excluding hydrogens is 276 g/mol. The van der Waals surface area contributed by atoms with Gasteiger partial charge in [0.05, 0.1) is 6.04 Å². The third kappa shape index (κ3) is 2.77. The fourth-order valence-corrected chi connectivity index (χ4v) is 4.59. The summed E-state index contributed by atoms with van der Waals surface area (Å²) in [7, 11) is 0. The van der Waals surface area contributed by atoms with Gasteiger partial charge in [-0.25, -0.2) is 9.67 Å². The Labute approximate surface area is 132 Å². The van der Waals surface area contributed by atoms with Crippen LogP contribution in [-0.2, 0) is 4.79 Å². The monoisotopic (exact) mass is 302 g/mol. The lowest BCUT2D eigenvalue weighted by Crippen LogP contribution is -2.42. The summed E-state index contributed by atoms with van der Waals surface area (Å²) < 4.78 is 1.92. The van der Waals surface area contributed by atoms with Crippen LogP contribution in [0.5, 0.6) is 0 Å². The highest BCUT2D eigenvalue weighted by Gasteiger charge is 2.49. The zero-order valence-electron chi connectivity index (χ0n) is 13.2. The highest BCUT2D eigenvalue weighted by atomic mass is 16.2. The van der Waals surface area contributed by atoms with Crippen LogP contribution in [-0.4, -0.2) is 38.7 Å². The Kier molecular flexibility index (Phi) is 3.89. The minimum atomic E-state index is 0.312. The van der Waals surface area contributed by atoms with Crippen LogP contribution in [0.3, 0.4) is 0 Å². The number of piperidine rings is 1. The van der Waals surface area contributed by atoms with Gasteiger partial charge in [0.1, 0.15) is 12.7 Å². The number of hydrogen-bond donors (Lipinski definition) is 0. The summed E-state index contributed by atoms with van der Waals surface area (Å²) in [5, 5.41) is 4.25. The summed E-state index contributed by atoms with van der Waals surface area (Å²) >= 11 is 0. The molecular formula is C17H26N4O. The maximum absolute atomic E-state index is 12.8. The van der Waals surface area contributed by atoms with Crippen LogP contribution in [0.4, 0.5) is 0 Å². The molecule has 1 aliphatic heterocycles. The van der Waals surface area contributed by atoms with E-state index in [9.17, 15) is 4.79 Å². The van der Waals surface area contributed by atoms with Crippen LogP contribution in [0.2, 0.25) is 0 Å². The van der Waals surface area contributed by atoms with Gasteiger partial charge in [-0.05, 0) is 31.1 Å². The van der Waals surface area contributed by atoms with E-state index in [-0.39, 0.29) is 0 Å². The fourth-order valence-electron chi connectivity index (χ4n) is 4.59. The number of carbonyl (C=O) groups is 1. The molecule has 3 atom stereocenters. The average molecular weight is 302 g/mol. The molecule has 1 saturated heterocycles. The molecule has 5 heteroatoms. The van der Waals surface area contributed by atoms with Crippen LogP contribution >= 0.6 is 0 Å². The van der Waals surface area contributed by atoms with Crippen molar-refractivity contribution in [3.63, 3.8) is 0 Å². The molecule has 0 N–H and O–H groups in total. The maximum atomic E-state index is 12.8. The number of amides is 1. The Morgan fingerprint density at radius 3 is 2.73 bits per heavy atom. The van der Waals surface area contributed by atoms with E-state index in [1.165, 1.54) is 32.1 Å². The van der Waals surface area contributed by atoms with E-state index in [4.69, 9.17) is 0 Å². The molecule has 2 aliphatic carbocycles. The van der Waals surface area contributed by atoms with Gasteiger partial charge in [0.2, 0.25) is 5.91 Å². The molecule has 2 saturated carbocycles. The van der Waals surface area contributed by atoms with Gasteiger partial charge < -0.3 is 4.90 Å². The lowest BCUT2D eigenvalue weighted by atomic mass is 9.85. The standard InChI is InChI=1S/C17H26N4O/c22-17(16-9-15(16)13-5-2-1-3-6-13)20-8-4-7-14(10-20)21-12-18-11-19-21/h11-16H,1-10H2/t14-,15+,16-/m1/s1. The Balaban J connectivity index is 1.35. The Bertz CT molecular complexity index is 509. The predicted octanol–water partition coefficient (Wildman–Crippen LogP) is 2.66. The summed E-state index contributed by atoms with van der Waals surface area (Å²) in [4.78, 5) is 18.9. The number of hydrogen-bond acceptors (Lipinski definition) is 3. The van der Waals surface area contributed by atoms with Gasteiger partial charge in [-0.3, -0.25) is 4.79 Å². The van der Waals surface area contributed by atoms with Crippen LogP contribution in [0.1, 0.15) is 57.4 Å². The second-order valence-electron chi connectivity index (χ2n) is 7.36. The molecule has 0 radical (unpaired) electrons. The summed E-state index contributed by atoms with van der Waals surface area (Å²) in [6, 6.07) is 0.312. The molecule has 1 aromatic rings. The minimum Gasteiger partial charge on any atom is -0.340 e. The van der Waals surface area contributed by atoms with Crippen molar-refractivity contribution < 1.29 is 4.79 Å². The largest absolute Gasteiger partial charge is 0.340 e. The average Bonchev–Trinajstić information content (AvgIpc) is 3.19. The van der Waals surface area contributed by atoms with Crippen molar-refractivity contribution >= 4 is 5.91 Å². The van der Waals surface area contributed by atoms with E-state index in [2.05, 4.69) is 15.0 Å². The van der Waals surface area contributed by atoms with Crippen molar-refractivity contribution in [2.75, 3.05) is 13.1 Å². The van der Waals surface area contributed by atoms with Crippen LogP contribution in [0.15, 0.2) is 12.7 Å². The first-order valence-electron chi connectivity index (χ1n) is 8.96. The van der Waals surface area contributed by atoms with E-state index in [0.29, 0.717) is 23.8 Å². The lowest BCUT2D eigenvalue weighted by molar-refractivity contribution is -0.134. The molecule has 5 nitrogen and oxygen atoms in total. The third-order valence-electron chi connectivity index (χ3n) is 5.93. The van der Waals surface area contributed by atoms with Gasteiger partial charge >= 0.3 is 0 Å². The zero-order valence-corrected chi connectivity index (χ0v) is 13.2. The summed E-state index contributed by atoms with van der Waals surface area (Å²) in [5.74, 6) is 2.27. The van der Waals surface area contributed by atoms with Crippen LogP contribution < -0.4 is 0 Å². The first-order valence-corrected chi connectivity index (χ1v) is 8.96. The van der Waals surface area contributed by atoms with Gasteiger partial charge in [0.25, 0.3) is 0 Å². The topological polar surface area (TPSA) is 51.0 Å². The quantitative estimate of drug-likeness (QED) is 0.862. The van der Waals surface area contributed by atoms with Gasteiger partial charge in [0.15, 0.2) is 0 Å². The van der Waals surface area contributed by atoms with E-state index < -0.39 is 0 Å². The Morgan fingerprint density at radius 2 is 1.95 bits per heavy atom. The third-order valence-corrected chi connectivity index (χ3v) is 5.93. The van der Waals surface area contributed by atoms with Gasteiger partial charge in [-0.1, -0.05) is 32.1 Å². The molecule has 0 aromatic carbocycles. The van der Waals surface area contributed by atoms with Crippen LogP contribution in [0.25, 0.3) is 0 Å². The Hall–Kier alpha value is -1.39. The molecule has 3 aliphatic rings. The lowest BCUT2D eigenvalue weighted by Gasteiger charge is -2.33. The molecule has 0 unspecified atom stereocenters.